The number of benzene rings is 4. The highest BCUT2D eigenvalue weighted by atomic mass is 16.7. The van der Waals surface area contributed by atoms with Crippen LogP contribution in [0.1, 0.15) is 24.2 Å². The highest BCUT2D eigenvalue weighted by Gasteiger charge is 2.34. The minimum atomic E-state index is -0.504. The second-order valence-corrected chi connectivity index (χ2v) is 11.8. The Labute approximate surface area is 272 Å². The monoisotopic (exact) mass is 639 g/mol. The van der Waals surface area contributed by atoms with Crippen LogP contribution in [0.25, 0.3) is 10.8 Å². The van der Waals surface area contributed by atoms with Crippen LogP contribution in [-0.2, 0) is 0 Å². The van der Waals surface area contributed by atoms with Gasteiger partial charge in [0.2, 0.25) is 6.79 Å². The number of carbonyl (C=O) groups is 3. The maximum absolute atomic E-state index is 13.8. The van der Waals surface area contributed by atoms with Crippen molar-refractivity contribution < 1.29 is 33.7 Å². The number of hydrogen-bond acceptors (Lipinski definition) is 7. The number of aliphatic hydroxyl groups is 1. The number of aliphatic hydroxyl groups excluding tert-OH is 1. The fourth-order valence-electron chi connectivity index (χ4n) is 5.68. The third kappa shape index (κ3) is 6.87. The highest BCUT2D eigenvalue weighted by Crippen LogP contribution is 2.35. The van der Waals surface area contributed by atoms with Gasteiger partial charge in [0.1, 0.15) is 11.9 Å². The normalized spacial score (nSPS) is 17.5. The number of fused-ring (bicyclic) bond motifs is 3. The fraction of sp³-hybridized carbons (Fsp3) is 0.286. The first-order valence-corrected chi connectivity index (χ1v) is 15.4. The molecule has 0 unspecified atom stereocenters. The van der Waals surface area contributed by atoms with Crippen molar-refractivity contribution in [2.75, 3.05) is 49.5 Å². The lowest BCUT2D eigenvalue weighted by molar-refractivity contribution is 0.0371. The van der Waals surface area contributed by atoms with Gasteiger partial charge in [0.05, 0.1) is 30.4 Å². The number of nitrogens with one attached hydrogen (secondary N) is 3. The Hall–Kier alpha value is -5.49. The Balaban J connectivity index is 1.20. The second-order valence-electron chi connectivity index (χ2n) is 11.8. The van der Waals surface area contributed by atoms with Gasteiger partial charge in [0, 0.05) is 42.3 Å². The number of carbonyl (C=O) groups excluding carboxylic acids is 3. The summed E-state index contributed by atoms with van der Waals surface area (Å²) >= 11 is 0. The number of rotatable bonds is 7. The molecule has 0 saturated heterocycles. The maximum atomic E-state index is 13.8. The molecule has 0 saturated carbocycles. The van der Waals surface area contributed by atoms with Gasteiger partial charge in [-0.3, -0.25) is 4.79 Å². The Morgan fingerprint density at radius 2 is 1.66 bits per heavy atom. The molecule has 2 aliphatic rings. The first-order valence-electron chi connectivity index (χ1n) is 15.4. The van der Waals surface area contributed by atoms with Crippen LogP contribution < -0.4 is 30.2 Å². The minimum Gasteiger partial charge on any atom is -0.487 e. The van der Waals surface area contributed by atoms with Crippen molar-refractivity contribution in [3.05, 3.63) is 84.4 Å². The standard InChI is InChI=1S/C35H37N5O7/c1-21-17-40(22(2)19-41)33(42)27-15-24(36-34(43)38-28-10-6-8-23-7-4-5-9-26(23)28)11-13-29(27)47-32(21)18-39(3)35(44)37-25-12-14-30-31(16-25)46-20-45-30/h4-16,21-22,32,41H,17-20H2,1-3H3,(H,37,44)(H2,36,38,43)/t21-,22+,32+/m0/s1. The van der Waals surface area contributed by atoms with E-state index in [1.807, 2.05) is 49.4 Å². The van der Waals surface area contributed by atoms with Gasteiger partial charge in [-0.2, -0.15) is 0 Å². The van der Waals surface area contributed by atoms with E-state index in [0.717, 1.165) is 10.8 Å². The van der Waals surface area contributed by atoms with Gasteiger partial charge in [-0.25, -0.2) is 9.59 Å². The van der Waals surface area contributed by atoms with Gasteiger partial charge in [0.15, 0.2) is 11.5 Å². The summed E-state index contributed by atoms with van der Waals surface area (Å²) in [6.45, 7) is 4.10. The summed E-state index contributed by atoms with van der Waals surface area (Å²) in [5.41, 5.74) is 1.83. The number of ether oxygens (including phenoxy) is 3. The van der Waals surface area contributed by atoms with Crippen molar-refractivity contribution in [3.63, 3.8) is 0 Å². The molecule has 4 aromatic rings. The van der Waals surface area contributed by atoms with E-state index in [1.54, 1.807) is 55.3 Å². The van der Waals surface area contributed by atoms with Crippen LogP contribution >= 0.6 is 0 Å². The summed E-state index contributed by atoms with van der Waals surface area (Å²) in [6, 6.07) is 22.1. The zero-order valence-corrected chi connectivity index (χ0v) is 26.4. The van der Waals surface area contributed by atoms with Gasteiger partial charge in [-0.1, -0.05) is 43.3 Å². The molecule has 6 rings (SSSR count). The van der Waals surface area contributed by atoms with Crippen molar-refractivity contribution >= 4 is 45.8 Å². The quantitative estimate of drug-likeness (QED) is 0.206. The molecule has 0 aliphatic carbocycles. The molecule has 4 N–H and O–H groups in total. The Morgan fingerprint density at radius 1 is 0.936 bits per heavy atom. The molecule has 3 atom stereocenters. The van der Waals surface area contributed by atoms with E-state index in [2.05, 4.69) is 16.0 Å². The van der Waals surface area contributed by atoms with E-state index in [9.17, 15) is 19.5 Å². The summed E-state index contributed by atoms with van der Waals surface area (Å²) in [4.78, 5) is 43.2. The molecule has 12 nitrogen and oxygen atoms in total. The predicted molar refractivity (Wildman–Crippen MR) is 178 cm³/mol. The third-order valence-electron chi connectivity index (χ3n) is 8.38. The lowest BCUT2D eigenvalue weighted by atomic mass is 9.99. The molecular weight excluding hydrogens is 602 g/mol. The van der Waals surface area contributed by atoms with E-state index in [1.165, 1.54) is 4.90 Å². The summed E-state index contributed by atoms with van der Waals surface area (Å²) in [5.74, 6) is 0.949. The number of urea groups is 2. The van der Waals surface area contributed by atoms with Crippen LogP contribution in [0.5, 0.6) is 17.2 Å². The van der Waals surface area contributed by atoms with Crippen molar-refractivity contribution in [2.45, 2.75) is 26.0 Å². The van der Waals surface area contributed by atoms with E-state index < -0.39 is 18.2 Å². The molecule has 5 amide bonds. The van der Waals surface area contributed by atoms with Gasteiger partial charge >= 0.3 is 12.1 Å². The van der Waals surface area contributed by atoms with Gasteiger partial charge in [0.25, 0.3) is 5.91 Å². The van der Waals surface area contributed by atoms with Crippen LogP contribution in [0.15, 0.2) is 78.9 Å². The second kappa shape index (κ2) is 13.5. The number of hydrogen-bond donors (Lipinski definition) is 4. The molecule has 2 heterocycles. The molecule has 4 aromatic carbocycles. The molecule has 244 valence electrons. The van der Waals surface area contributed by atoms with E-state index >= 15 is 0 Å². The van der Waals surface area contributed by atoms with Crippen LogP contribution in [0.3, 0.4) is 0 Å². The summed E-state index contributed by atoms with van der Waals surface area (Å²) in [7, 11) is 1.67. The molecule has 0 radical (unpaired) electrons. The zero-order valence-electron chi connectivity index (χ0n) is 26.4. The van der Waals surface area contributed by atoms with Crippen molar-refractivity contribution in [3.8, 4) is 17.2 Å². The third-order valence-corrected chi connectivity index (χ3v) is 8.38. The zero-order chi connectivity index (χ0) is 33.1. The Bertz CT molecular complexity index is 1810. The highest BCUT2D eigenvalue weighted by molar-refractivity contribution is 6.07. The number of likely N-dealkylation sites (N-methyl/N-ethyl adjacent to an activating group) is 1. The minimum absolute atomic E-state index is 0.134. The topological polar surface area (TPSA) is 142 Å². The molecule has 12 heteroatoms. The van der Waals surface area contributed by atoms with Gasteiger partial charge in [-0.05, 0) is 48.7 Å². The van der Waals surface area contributed by atoms with Crippen LogP contribution in [0.2, 0.25) is 0 Å². The van der Waals surface area contributed by atoms with Crippen molar-refractivity contribution in [2.24, 2.45) is 5.92 Å². The molecular formula is C35H37N5O7. The molecule has 2 aliphatic heterocycles. The largest absolute Gasteiger partial charge is 0.487 e. The fourth-order valence-corrected chi connectivity index (χ4v) is 5.68. The lowest BCUT2D eigenvalue weighted by Gasteiger charge is -2.38. The van der Waals surface area contributed by atoms with E-state index in [4.69, 9.17) is 14.2 Å². The van der Waals surface area contributed by atoms with Crippen molar-refractivity contribution in [1.29, 1.82) is 0 Å². The summed E-state index contributed by atoms with van der Waals surface area (Å²) in [6.07, 6.45) is -0.504. The number of anilines is 3. The van der Waals surface area contributed by atoms with Crippen molar-refractivity contribution in [1.82, 2.24) is 9.80 Å². The average Bonchev–Trinajstić information content (AvgIpc) is 3.54. The van der Waals surface area contributed by atoms with Crippen LogP contribution in [0.4, 0.5) is 26.7 Å². The average molecular weight is 640 g/mol. The number of amides is 5. The molecule has 0 spiro atoms. The predicted octanol–water partition coefficient (Wildman–Crippen LogP) is 5.60. The molecule has 0 bridgehead atoms. The summed E-state index contributed by atoms with van der Waals surface area (Å²) in [5, 5.41) is 20.5. The summed E-state index contributed by atoms with van der Waals surface area (Å²) < 4.78 is 17.2. The lowest BCUT2D eigenvalue weighted by Crippen LogP contribution is -2.50. The van der Waals surface area contributed by atoms with Crippen LogP contribution in [0, 0.1) is 5.92 Å². The first kappa shape index (κ1) is 31.5. The van der Waals surface area contributed by atoms with E-state index in [0.29, 0.717) is 34.3 Å². The smallest absolute Gasteiger partial charge is 0.323 e. The molecule has 47 heavy (non-hydrogen) atoms. The molecule has 0 fully saturated rings. The van der Waals surface area contributed by atoms with Crippen LogP contribution in [-0.4, -0.2) is 78.6 Å². The maximum Gasteiger partial charge on any atom is 0.323 e. The first-order chi connectivity index (χ1) is 22.7. The van der Waals surface area contributed by atoms with E-state index in [-0.39, 0.29) is 49.9 Å². The Morgan fingerprint density at radius 3 is 2.47 bits per heavy atom. The Kier molecular flexibility index (Phi) is 9.03. The van der Waals surface area contributed by atoms with Gasteiger partial charge < -0.3 is 45.1 Å². The SMILES string of the molecule is C[C@H](CO)N1C[C@H](C)[C@@H](CN(C)C(=O)Nc2ccc3c(c2)OCO3)Oc2ccc(NC(=O)Nc3cccc4ccccc34)cc2C1=O. The number of nitrogens with zero attached hydrogens (tertiary/aromatic N) is 2. The van der Waals surface area contributed by atoms with Gasteiger partial charge in [-0.15, -0.1) is 0 Å². The molecule has 0 aromatic heterocycles.